The summed E-state index contributed by atoms with van der Waals surface area (Å²) in [6, 6.07) is 7.30. The average molecular weight is 249 g/mol. The predicted molar refractivity (Wildman–Crippen MR) is 69.2 cm³/mol. The summed E-state index contributed by atoms with van der Waals surface area (Å²) < 4.78 is 5.62. The van der Waals surface area contributed by atoms with Gasteiger partial charge in [-0.05, 0) is 43.7 Å². The molecule has 1 saturated carbocycles. The van der Waals surface area contributed by atoms with Crippen LogP contribution in [0.1, 0.15) is 30.1 Å². The number of hydrogen-bond donors (Lipinski definition) is 1. The van der Waals surface area contributed by atoms with Crippen molar-refractivity contribution in [1.29, 1.82) is 0 Å². The van der Waals surface area contributed by atoms with Gasteiger partial charge in [0.25, 0.3) is 0 Å². The Bertz CT molecular complexity index is 398. The van der Waals surface area contributed by atoms with Crippen molar-refractivity contribution in [1.82, 2.24) is 4.90 Å². The summed E-state index contributed by atoms with van der Waals surface area (Å²) in [5.41, 5.74) is 0.288. The first-order valence-electron chi connectivity index (χ1n) is 6.41. The predicted octanol–water partition coefficient (Wildman–Crippen LogP) is 2.25. The second-order valence-electron chi connectivity index (χ2n) is 4.54. The van der Waals surface area contributed by atoms with Crippen LogP contribution in [0, 0.1) is 0 Å². The molecule has 2 rings (SSSR count). The third-order valence-electron chi connectivity index (χ3n) is 3.22. The molecule has 0 aliphatic heterocycles. The summed E-state index contributed by atoms with van der Waals surface area (Å²) in [5, 5.41) is 8.78. The number of hydrogen-bond acceptors (Lipinski definition) is 3. The Morgan fingerprint density at radius 3 is 2.56 bits per heavy atom. The van der Waals surface area contributed by atoms with Gasteiger partial charge in [0.2, 0.25) is 0 Å². The van der Waals surface area contributed by atoms with Gasteiger partial charge in [0.05, 0.1) is 5.56 Å². The molecular weight excluding hydrogens is 230 g/mol. The van der Waals surface area contributed by atoms with Crippen molar-refractivity contribution in [3.63, 3.8) is 0 Å². The summed E-state index contributed by atoms with van der Waals surface area (Å²) in [5.74, 6) is -0.181. The number of carboxylic acids is 1. The number of carboxylic acid groups (broad SMARTS) is 1. The quantitative estimate of drug-likeness (QED) is 0.805. The van der Waals surface area contributed by atoms with Crippen LogP contribution in [0.25, 0.3) is 0 Å². The number of ether oxygens (including phenoxy) is 1. The second kappa shape index (κ2) is 5.87. The van der Waals surface area contributed by atoms with Crippen LogP contribution in [0.4, 0.5) is 0 Å². The van der Waals surface area contributed by atoms with Crippen molar-refractivity contribution in [2.24, 2.45) is 0 Å². The number of benzene rings is 1. The molecule has 0 saturated heterocycles. The first-order chi connectivity index (χ1) is 8.70. The minimum Gasteiger partial charge on any atom is -0.492 e. The van der Waals surface area contributed by atoms with Crippen LogP contribution in [0.2, 0.25) is 0 Å². The molecule has 0 aromatic heterocycles. The van der Waals surface area contributed by atoms with E-state index in [0.29, 0.717) is 6.61 Å². The Hall–Kier alpha value is -1.55. The van der Waals surface area contributed by atoms with Gasteiger partial charge in [0.1, 0.15) is 12.4 Å². The molecule has 0 amide bonds. The second-order valence-corrected chi connectivity index (χ2v) is 4.54. The number of carbonyl (C=O) groups is 1. The Morgan fingerprint density at radius 1 is 1.39 bits per heavy atom. The summed E-state index contributed by atoms with van der Waals surface area (Å²) in [6.07, 6.45) is 2.61. The molecule has 1 aliphatic carbocycles. The fourth-order valence-corrected chi connectivity index (χ4v) is 2.01. The van der Waals surface area contributed by atoms with Crippen LogP contribution < -0.4 is 4.74 Å². The van der Waals surface area contributed by atoms with Gasteiger partial charge < -0.3 is 9.84 Å². The zero-order valence-electron chi connectivity index (χ0n) is 10.6. The highest BCUT2D eigenvalue weighted by Gasteiger charge is 2.27. The largest absolute Gasteiger partial charge is 0.492 e. The lowest BCUT2D eigenvalue weighted by atomic mass is 10.2. The molecule has 4 nitrogen and oxygen atoms in total. The van der Waals surface area contributed by atoms with E-state index in [-0.39, 0.29) is 5.56 Å². The van der Waals surface area contributed by atoms with E-state index in [9.17, 15) is 4.79 Å². The Kier molecular flexibility index (Phi) is 4.20. The van der Waals surface area contributed by atoms with Crippen molar-refractivity contribution in [3.8, 4) is 5.75 Å². The molecular formula is C14H19NO3. The molecule has 1 aromatic rings. The van der Waals surface area contributed by atoms with Gasteiger partial charge in [-0.3, -0.25) is 4.90 Å². The molecule has 1 aromatic carbocycles. The van der Waals surface area contributed by atoms with E-state index < -0.39 is 5.97 Å². The molecule has 1 N–H and O–H groups in total. The summed E-state index contributed by atoms with van der Waals surface area (Å²) in [7, 11) is 0. The normalized spacial score (nSPS) is 14.8. The molecule has 18 heavy (non-hydrogen) atoms. The monoisotopic (exact) mass is 249 g/mol. The molecule has 1 fully saturated rings. The van der Waals surface area contributed by atoms with Gasteiger partial charge in [-0.15, -0.1) is 0 Å². The molecule has 1 aliphatic rings. The Labute approximate surface area is 107 Å². The van der Waals surface area contributed by atoms with Crippen molar-refractivity contribution in [3.05, 3.63) is 29.8 Å². The molecule has 0 unspecified atom stereocenters. The van der Waals surface area contributed by atoms with Crippen LogP contribution in [-0.4, -0.2) is 41.7 Å². The van der Waals surface area contributed by atoms with Gasteiger partial charge in [0, 0.05) is 12.6 Å². The SMILES string of the molecule is CCN(CCOc1ccc(C(=O)O)cc1)C1CC1. The molecule has 98 valence electrons. The third-order valence-corrected chi connectivity index (χ3v) is 3.22. The standard InChI is InChI=1S/C14H19NO3/c1-2-15(12-5-6-12)9-10-18-13-7-3-11(4-8-13)14(16)17/h3-4,7-8,12H,2,5-6,9-10H2,1H3,(H,16,17). The number of nitrogens with zero attached hydrogens (tertiary/aromatic N) is 1. The van der Waals surface area contributed by atoms with E-state index in [4.69, 9.17) is 9.84 Å². The van der Waals surface area contributed by atoms with Crippen molar-refractivity contribution < 1.29 is 14.6 Å². The van der Waals surface area contributed by atoms with E-state index in [1.54, 1.807) is 24.3 Å². The van der Waals surface area contributed by atoms with Crippen molar-refractivity contribution in [2.75, 3.05) is 19.7 Å². The topological polar surface area (TPSA) is 49.8 Å². The van der Waals surface area contributed by atoms with E-state index in [1.165, 1.54) is 12.8 Å². The van der Waals surface area contributed by atoms with E-state index in [0.717, 1.165) is 24.9 Å². The molecule has 0 spiro atoms. The third kappa shape index (κ3) is 3.47. The van der Waals surface area contributed by atoms with Gasteiger partial charge in [-0.2, -0.15) is 0 Å². The Balaban J connectivity index is 1.77. The van der Waals surface area contributed by atoms with E-state index in [1.807, 2.05) is 0 Å². The van der Waals surface area contributed by atoms with Gasteiger partial charge in [0.15, 0.2) is 0 Å². The lowest BCUT2D eigenvalue weighted by Crippen LogP contribution is -2.30. The minimum atomic E-state index is -0.910. The zero-order chi connectivity index (χ0) is 13.0. The van der Waals surface area contributed by atoms with Gasteiger partial charge in [-0.1, -0.05) is 6.92 Å². The molecule has 0 atom stereocenters. The fraction of sp³-hybridized carbons (Fsp3) is 0.500. The first kappa shape index (κ1) is 12.9. The number of rotatable bonds is 7. The lowest BCUT2D eigenvalue weighted by molar-refractivity contribution is 0.0697. The molecule has 0 radical (unpaired) electrons. The molecule has 4 heteroatoms. The lowest BCUT2D eigenvalue weighted by Gasteiger charge is -2.19. The summed E-state index contributed by atoms with van der Waals surface area (Å²) in [6.45, 7) is 4.81. The average Bonchev–Trinajstić information content (AvgIpc) is 3.19. The highest BCUT2D eigenvalue weighted by atomic mass is 16.5. The van der Waals surface area contributed by atoms with Crippen molar-refractivity contribution >= 4 is 5.97 Å². The van der Waals surface area contributed by atoms with E-state index >= 15 is 0 Å². The van der Waals surface area contributed by atoms with Crippen molar-refractivity contribution in [2.45, 2.75) is 25.8 Å². The van der Waals surface area contributed by atoms with Gasteiger partial charge >= 0.3 is 5.97 Å². The summed E-state index contributed by atoms with van der Waals surface area (Å²) in [4.78, 5) is 13.1. The maximum atomic E-state index is 10.7. The molecule has 0 bridgehead atoms. The maximum Gasteiger partial charge on any atom is 0.335 e. The van der Waals surface area contributed by atoms with Crippen LogP contribution in [-0.2, 0) is 0 Å². The van der Waals surface area contributed by atoms with Gasteiger partial charge in [-0.25, -0.2) is 4.79 Å². The zero-order valence-corrected chi connectivity index (χ0v) is 10.6. The maximum absolute atomic E-state index is 10.7. The first-order valence-corrected chi connectivity index (χ1v) is 6.41. The van der Waals surface area contributed by atoms with Crippen LogP contribution in [0.15, 0.2) is 24.3 Å². The highest BCUT2D eigenvalue weighted by Crippen LogP contribution is 2.26. The summed E-state index contributed by atoms with van der Waals surface area (Å²) >= 11 is 0. The Morgan fingerprint density at radius 2 is 2.06 bits per heavy atom. The number of aromatic carboxylic acids is 1. The van der Waals surface area contributed by atoms with Crippen LogP contribution in [0.5, 0.6) is 5.75 Å². The number of likely N-dealkylation sites (N-methyl/N-ethyl adjacent to an activating group) is 1. The van der Waals surface area contributed by atoms with Crippen LogP contribution in [0.3, 0.4) is 0 Å². The minimum absolute atomic E-state index is 0.288. The highest BCUT2D eigenvalue weighted by molar-refractivity contribution is 5.87. The van der Waals surface area contributed by atoms with Crippen LogP contribution >= 0.6 is 0 Å². The fourth-order valence-electron chi connectivity index (χ4n) is 2.01. The molecule has 0 heterocycles. The smallest absolute Gasteiger partial charge is 0.335 e. The van der Waals surface area contributed by atoms with E-state index in [2.05, 4.69) is 11.8 Å².